The average Bonchev–Trinajstić information content (AvgIpc) is 2.92. The van der Waals surface area contributed by atoms with Crippen LogP contribution in [0.25, 0.3) is 0 Å². The van der Waals surface area contributed by atoms with Crippen LogP contribution in [0.15, 0.2) is 47.4 Å². The van der Waals surface area contributed by atoms with E-state index in [-0.39, 0.29) is 23.0 Å². The van der Waals surface area contributed by atoms with E-state index in [1.807, 2.05) is 0 Å². The number of amides is 3. The minimum absolute atomic E-state index is 0.0413. The van der Waals surface area contributed by atoms with E-state index in [9.17, 15) is 26.8 Å². The fourth-order valence-electron chi connectivity index (χ4n) is 4.95. The van der Waals surface area contributed by atoms with Gasteiger partial charge in [0, 0.05) is 62.4 Å². The average molecular weight is 613 g/mol. The van der Waals surface area contributed by atoms with Gasteiger partial charge < -0.3 is 19.4 Å². The van der Waals surface area contributed by atoms with Crippen molar-refractivity contribution in [1.29, 1.82) is 0 Å². The Hall–Kier alpha value is -2.96. The van der Waals surface area contributed by atoms with E-state index < -0.39 is 45.9 Å². The number of urea groups is 1. The Kier molecular flexibility index (Phi) is 9.45. The highest BCUT2D eigenvalue weighted by Crippen LogP contribution is 2.28. The van der Waals surface area contributed by atoms with E-state index >= 15 is 0 Å². The fraction of sp³-hybridized carbons (Fsp3) is 0.500. The number of carbonyl (C=O) groups excluding carboxylic acids is 2. The van der Waals surface area contributed by atoms with Gasteiger partial charge in [-0.2, -0.15) is 4.31 Å². The normalized spacial score (nSPS) is 18.5. The molecule has 0 radical (unpaired) electrons. The van der Waals surface area contributed by atoms with Crippen molar-refractivity contribution in [3.05, 3.63) is 64.7 Å². The van der Waals surface area contributed by atoms with Crippen LogP contribution in [0.2, 0.25) is 5.02 Å². The Morgan fingerprint density at radius 2 is 1.61 bits per heavy atom. The van der Waals surface area contributed by atoms with Crippen molar-refractivity contribution in [3.8, 4) is 0 Å². The molecule has 1 atom stereocenters. The van der Waals surface area contributed by atoms with Crippen LogP contribution >= 0.6 is 11.6 Å². The van der Waals surface area contributed by atoms with Crippen LogP contribution in [0.4, 0.5) is 18.4 Å². The molecule has 224 valence electrons. The maximum atomic E-state index is 14.7. The number of benzene rings is 2. The van der Waals surface area contributed by atoms with Gasteiger partial charge in [0.1, 0.15) is 17.2 Å². The van der Waals surface area contributed by atoms with Gasteiger partial charge in [0.25, 0.3) is 0 Å². The van der Waals surface area contributed by atoms with E-state index in [1.165, 1.54) is 24.3 Å². The van der Waals surface area contributed by atoms with Gasteiger partial charge in [0.05, 0.1) is 4.90 Å². The maximum Gasteiger partial charge on any atom is 0.410 e. The molecule has 2 aromatic carbocycles. The summed E-state index contributed by atoms with van der Waals surface area (Å²) >= 11 is 5.96. The molecular formula is C28H35ClF2N4O5S. The third kappa shape index (κ3) is 7.66. The number of rotatable bonds is 5. The molecule has 3 amide bonds. The Bertz CT molecular complexity index is 1360. The Balaban J connectivity index is 1.52. The molecule has 2 aliphatic rings. The van der Waals surface area contributed by atoms with Crippen molar-refractivity contribution < 1.29 is 31.5 Å². The third-order valence-electron chi connectivity index (χ3n) is 7.03. The predicted molar refractivity (Wildman–Crippen MR) is 150 cm³/mol. The molecule has 2 aromatic rings. The minimum Gasteiger partial charge on any atom is -0.444 e. The molecule has 2 saturated heterocycles. The lowest BCUT2D eigenvalue weighted by molar-refractivity contribution is 0.0151. The van der Waals surface area contributed by atoms with Crippen molar-refractivity contribution in [2.45, 2.75) is 56.7 Å². The first-order valence-electron chi connectivity index (χ1n) is 13.5. The molecule has 9 nitrogen and oxygen atoms in total. The first-order valence-corrected chi connectivity index (χ1v) is 15.3. The fourth-order valence-corrected chi connectivity index (χ4v) is 6.71. The van der Waals surface area contributed by atoms with Crippen molar-refractivity contribution in [3.63, 3.8) is 0 Å². The highest BCUT2D eigenvalue weighted by atomic mass is 35.5. The number of sulfonamides is 1. The number of ether oxygens (including phenoxy) is 1. The Morgan fingerprint density at radius 1 is 0.976 bits per heavy atom. The largest absolute Gasteiger partial charge is 0.444 e. The van der Waals surface area contributed by atoms with Crippen molar-refractivity contribution in [2.75, 3.05) is 39.3 Å². The highest BCUT2D eigenvalue weighted by Gasteiger charge is 2.38. The summed E-state index contributed by atoms with van der Waals surface area (Å²) in [5.74, 6) is -1.41. The number of carbonyl (C=O) groups is 2. The number of halogens is 3. The van der Waals surface area contributed by atoms with E-state index in [4.69, 9.17) is 16.3 Å². The molecular weight excluding hydrogens is 578 g/mol. The number of hydrogen-bond donors (Lipinski definition) is 0. The monoisotopic (exact) mass is 612 g/mol. The number of piperazine rings is 1. The zero-order chi connectivity index (χ0) is 29.9. The SMILES string of the molecule is CC(C)(C)OC(=O)N1CCN(C(=O)N2CCCC(N(Cc3cc(F)ccc3F)S(=O)(=O)c3ccc(Cl)cc3)C2)CC1. The molecule has 13 heteroatoms. The lowest BCUT2D eigenvalue weighted by atomic mass is 10.1. The van der Waals surface area contributed by atoms with Gasteiger partial charge in [-0.3, -0.25) is 0 Å². The molecule has 0 aliphatic carbocycles. The summed E-state index contributed by atoms with van der Waals surface area (Å²) in [5.41, 5.74) is -0.733. The summed E-state index contributed by atoms with van der Waals surface area (Å²) in [6, 6.07) is 7.59. The zero-order valence-electron chi connectivity index (χ0n) is 23.4. The highest BCUT2D eigenvalue weighted by molar-refractivity contribution is 7.89. The molecule has 2 heterocycles. The Labute approximate surface area is 244 Å². The van der Waals surface area contributed by atoms with Gasteiger partial charge in [0.15, 0.2) is 0 Å². The molecule has 1 unspecified atom stereocenters. The smallest absolute Gasteiger partial charge is 0.410 e. The summed E-state index contributed by atoms with van der Waals surface area (Å²) < 4.78 is 62.9. The van der Waals surface area contributed by atoms with Gasteiger partial charge in [-0.1, -0.05) is 11.6 Å². The molecule has 0 spiro atoms. The van der Waals surface area contributed by atoms with Crippen molar-refractivity contribution in [2.24, 2.45) is 0 Å². The van der Waals surface area contributed by atoms with Crippen molar-refractivity contribution in [1.82, 2.24) is 19.0 Å². The van der Waals surface area contributed by atoms with E-state index in [0.717, 1.165) is 22.5 Å². The molecule has 4 rings (SSSR count). The van der Waals surface area contributed by atoms with Crippen LogP contribution in [0.5, 0.6) is 0 Å². The zero-order valence-corrected chi connectivity index (χ0v) is 24.9. The second-order valence-corrected chi connectivity index (χ2v) is 13.5. The van der Waals surface area contributed by atoms with E-state index in [1.54, 1.807) is 35.5 Å². The maximum absolute atomic E-state index is 14.7. The quantitative estimate of drug-likeness (QED) is 0.477. The lowest BCUT2D eigenvalue weighted by Gasteiger charge is -2.42. The Morgan fingerprint density at radius 3 is 2.24 bits per heavy atom. The van der Waals surface area contributed by atoms with Crippen LogP contribution < -0.4 is 0 Å². The second-order valence-electron chi connectivity index (χ2n) is 11.2. The third-order valence-corrected chi connectivity index (χ3v) is 9.19. The molecule has 2 fully saturated rings. The van der Waals surface area contributed by atoms with Gasteiger partial charge in [-0.25, -0.2) is 26.8 Å². The lowest BCUT2D eigenvalue weighted by Crippen LogP contribution is -2.58. The van der Waals surface area contributed by atoms with Gasteiger partial charge in [-0.15, -0.1) is 0 Å². The van der Waals surface area contributed by atoms with Gasteiger partial charge in [-0.05, 0) is 76.1 Å². The molecule has 0 saturated carbocycles. The summed E-state index contributed by atoms with van der Waals surface area (Å²) in [6.45, 7) is 6.70. The molecule has 0 aromatic heterocycles. The topological polar surface area (TPSA) is 90.5 Å². The van der Waals surface area contributed by atoms with E-state index in [2.05, 4.69) is 0 Å². The molecule has 2 aliphatic heterocycles. The van der Waals surface area contributed by atoms with Crippen LogP contribution in [-0.4, -0.2) is 90.5 Å². The van der Waals surface area contributed by atoms with Crippen molar-refractivity contribution >= 4 is 33.7 Å². The molecule has 41 heavy (non-hydrogen) atoms. The van der Waals surface area contributed by atoms with Crippen LogP contribution in [0.1, 0.15) is 39.2 Å². The van der Waals surface area contributed by atoms with Crippen LogP contribution in [0.3, 0.4) is 0 Å². The first-order chi connectivity index (χ1) is 19.2. The molecule has 0 bridgehead atoms. The predicted octanol–water partition coefficient (Wildman–Crippen LogP) is 4.95. The number of piperidine rings is 1. The first kappa shape index (κ1) is 31.0. The second kappa shape index (κ2) is 12.5. The summed E-state index contributed by atoms with van der Waals surface area (Å²) in [4.78, 5) is 30.6. The van der Waals surface area contributed by atoms with Gasteiger partial charge in [0.2, 0.25) is 10.0 Å². The standard InChI is InChI=1S/C28H35ClF2N4O5S/c1-28(2,3)40-27(37)33-15-13-32(14-16-33)26(36)34-12-4-5-23(19-34)35(18-20-17-22(30)8-11-25(20)31)41(38,39)24-9-6-21(29)7-10-24/h6-11,17,23H,4-5,12-16,18-19H2,1-3H3. The van der Waals surface area contributed by atoms with Crippen LogP contribution in [-0.2, 0) is 21.3 Å². The van der Waals surface area contributed by atoms with E-state index in [0.29, 0.717) is 50.6 Å². The number of likely N-dealkylation sites (tertiary alicyclic amines) is 1. The van der Waals surface area contributed by atoms with Gasteiger partial charge >= 0.3 is 12.1 Å². The summed E-state index contributed by atoms with van der Waals surface area (Å²) in [6.07, 6.45) is 0.516. The number of hydrogen-bond acceptors (Lipinski definition) is 5. The summed E-state index contributed by atoms with van der Waals surface area (Å²) in [7, 11) is -4.18. The summed E-state index contributed by atoms with van der Waals surface area (Å²) in [5, 5.41) is 0.355. The van der Waals surface area contributed by atoms with Crippen LogP contribution in [0, 0.1) is 11.6 Å². The number of nitrogens with zero attached hydrogens (tertiary/aromatic N) is 4. The molecule has 0 N–H and O–H groups in total. The minimum atomic E-state index is -4.18.